The highest BCUT2D eigenvalue weighted by molar-refractivity contribution is 6.32. The number of halogens is 4. The van der Waals surface area contributed by atoms with Crippen LogP contribution in [-0.4, -0.2) is 19.9 Å². The van der Waals surface area contributed by atoms with Gasteiger partial charge in [0.05, 0.1) is 24.0 Å². The molecule has 31 heavy (non-hydrogen) atoms. The van der Waals surface area contributed by atoms with Gasteiger partial charge in [-0.25, -0.2) is 4.98 Å². The number of nitrogens with one attached hydrogen (secondary N) is 1. The Morgan fingerprint density at radius 3 is 2.55 bits per heavy atom. The zero-order valence-corrected chi connectivity index (χ0v) is 16.4. The molecule has 0 unspecified atom stereocenters. The van der Waals surface area contributed by atoms with Crippen LogP contribution in [0.15, 0.2) is 70.2 Å². The minimum atomic E-state index is -4.53. The fourth-order valence-electron chi connectivity index (χ4n) is 2.72. The van der Waals surface area contributed by atoms with Crippen molar-refractivity contribution in [3.05, 3.63) is 87.6 Å². The van der Waals surface area contributed by atoms with Crippen LogP contribution in [0.2, 0.25) is 5.02 Å². The molecular weight excluding hydrogens is 435 g/mol. The van der Waals surface area contributed by atoms with Crippen molar-refractivity contribution in [2.24, 2.45) is 0 Å². The second-order valence-electron chi connectivity index (χ2n) is 6.39. The number of hydrogen-bond donors (Lipinski definition) is 1. The van der Waals surface area contributed by atoms with Crippen molar-refractivity contribution in [1.29, 1.82) is 0 Å². The number of pyridine rings is 1. The number of hydrogen-bond acceptors (Lipinski definition) is 6. The first-order valence-corrected chi connectivity index (χ1v) is 9.27. The Kier molecular flexibility index (Phi) is 5.47. The lowest BCUT2D eigenvalue weighted by Crippen LogP contribution is -2.23. The molecule has 3 heterocycles. The fourth-order valence-corrected chi connectivity index (χ4v) is 2.91. The molecule has 0 saturated carbocycles. The van der Waals surface area contributed by atoms with Gasteiger partial charge < -0.3 is 9.84 Å². The van der Waals surface area contributed by atoms with Crippen molar-refractivity contribution < 1.29 is 17.7 Å². The van der Waals surface area contributed by atoms with Crippen LogP contribution in [0.1, 0.15) is 11.3 Å². The molecule has 0 fully saturated rings. The van der Waals surface area contributed by atoms with Gasteiger partial charge in [0.15, 0.2) is 11.6 Å². The normalized spacial score (nSPS) is 11.5. The van der Waals surface area contributed by atoms with Crippen molar-refractivity contribution in [3.8, 4) is 17.1 Å². The average molecular weight is 448 g/mol. The van der Waals surface area contributed by atoms with E-state index in [2.05, 4.69) is 20.6 Å². The minimum absolute atomic E-state index is 0.0875. The fraction of sp³-hybridized carbons (Fsp3) is 0.100. The van der Waals surface area contributed by atoms with Gasteiger partial charge in [-0.2, -0.15) is 23.0 Å². The smallest absolute Gasteiger partial charge is 0.377 e. The minimum Gasteiger partial charge on any atom is -0.377 e. The summed E-state index contributed by atoms with van der Waals surface area (Å²) in [4.78, 5) is 16.2. The number of aromatic nitrogens is 4. The third kappa shape index (κ3) is 4.43. The number of anilines is 1. The summed E-state index contributed by atoms with van der Waals surface area (Å²) in [7, 11) is 0. The number of rotatable bonds is 5. The Morgan fingerprint density at radius 1 is 1.10 bits per heavy atom. The molecule has 0 radical (unpaired) electrons. The first-order chi connectivity index (χ1) is 14.8. The standard InChI is InChI=1S/C20H13ClF3N5O2/c21-18-15(25-10-14-8-16(31-28-14)12-4-2-1-3-5-12)11-27-29(19(18)30)17-7-6-13(9-26-17)20(22,23)24/h1-9,11,25H,10H2. The predicted molar refractivity (Wildman–Crippen MR) is 107 cm³/mol. The number of alkyl halides is 3. The molecule has 0 aliphatic carbocycles. The van der Waals surface area contributed by atoms with Gasteiger partial charge >= 0.3 is 6.18 Å². The van der Waals surface area contributed by atoms with Gasteiger partial charge in [-0.15, -0.1) is 0 Å². The van der Waals surface area contributed by atoms with Gasteiger partial charge in [0, 0.05) is 17.8 Å². The number of benzene rings is 1. The largest absolute Gasteiger partial charge is 0.417 e. The first-order valence-electron chi connectivity index (χ1n) is 8.89. The lowest BCUT2D eigenvalue weighted by molar-refractivity contribution is -0.137. The van der Waals surface area contributed by atoms with E-state index in [9.17, 15) is 18.0 Å². The molecule has 0 aliphatic rings. The second kappa shape index (κ2) is 8.23. The maximum Gasteiger partial charge on any atom is 0.417 e. The van der Waals surface area contributed by atoms with E-state index in [1.165, 1.54) is 6.20 Å². The van der Waals surface area contributed by atoms with Gasteiger partial charge in [0.2, 0.25) is 0 Å². The molecule has 7 nitrogen and oxygen atoms in total. The van der Waals surface area contributed by atoms with Gasteiger partial charge in [-0.3, -0.25) is 4.79 Å². The van der Waals surface area contributed by atoms with Crippen molar-refractivity contribution >= 4 is 17.3 Å². The first kappa shape index (κ1) is 20.6. The summed E-state index contributed by atoms with van der Waals surface area (Å²) in [5, 5.41) is 10.7. The molecule has 4 aromatic rings. The third-order valence-electron chi connectivity index (χ3n) is 4.29. The van der Waals surface area contributed by atoms with E-state index in [4.69, 9.17) is 16.1 Å². The zero-order valence-electron chi connectivity index (χ0n) is 15.6. The van der Waals surface area contributed by atoms with Crippen LogP contribution in [0.3, 0.4) is 0 Å². The van der Waals surface area contributed by atoms with Crippen LogP contribution < -0.4 is 10.9 Å². The zero-order chi connectivity index (χ0) is 22.0. The van der Waals surface area contributed by atoms with Crippen LogP contribution in [0.5, 0.6) is 0 Å². The van der Waals surface area contributed by atoms with Crippen molar-refractivity contribution in [3.63, 3.8) is 0 Å². The Hall–Kier alpha value is -3.66. The Labute approximate surface area is 178 Å². The SMILES string of the molecule is O=c1c(Cl)c(NCc2cc(-c3ccccc3)on2)cnn1-c1ccc(C(F)(F)F)cn1. The van der Waals surface area contributed by atoms with Gasteiger partial charge in [-0.1, -0.05) is 47.1 Å². The third-order valence-corrected chi connectivity index (χ3v) is 4.65. The van der Waals surface area contributed by atoms with E-state index in [0.29, 0.717) is 17.7 Å². The summed E-state index contributed by atoms with van der Waals surface area (Å²) in [5.41, 5.74) is 0.00963. The summed E-state index contributed by atoms with van der Waals surface area (Å²) >= 11 is 6.13. The Bertz CT molecular complexity index is 1250. The quantitative estimate of drug-likeness (QED) is 0.482. The van der Waals surface area contributed by atoms with Crippen molar-refractivity contribution in [1.82, 2.24) is 19.9 Å². The molecule has 0 atom stereocenters. The molecule has 0 aliphatic heterocycles. The van der Waals surface area contributed by atoms with Crippen LogP contribution in [0, 0.1) is 0 Å². The second-order valence-corrected chi connectivity index (χ2v) is 6.77. The topological polar surface area (TPSA) is 85.8 Å². The maximum atomic E-state index is 12.7. The summed E-state index contributed by atoms with van der Waals surface area (Å²) < 4.78 is 44.2. The van der Waals surface area contributed by atoms with Gasteiger partial charge in [0.25, 0.3) is 5.56 Å². The average Bonchev–Trinajstić information content (AvgIpc) is 3.24. The maximum absolute atomic E-state index is 12.7. The molecule has 0 saturated heterocycles. The molecule has 11 heteroatoms. The summed E-state index contributed by atoms with van der Waals surface area (Å²) in [5.74, 6) is 0.501. The van der Waals surface area contributed by atoms with Crippen LogP contribution in [0.4, 0.5) is 18.9 Å². The van der Waals surface area contributed by atoms with Crippen LogP contribution >= 0.6 is 11.6 Å². The highest BCUT2D eigenvalue weighted by Gasteiger charge is 2.30. The van der Waals surface area contributed by atoms with E-state index >= 15 is 0 Å². The molecular formula is C20H13ClF3N5O2. The van der Waals surface area contributed by atoms with E-state index in [0.717, 1.165) is 22.4 Å². The lowest BCUT2D eigenvalue weighted by Gasteiger charge is -2.10. The van der Waals surface area contributed by atoms with E-state index in [-0.39, 0.29) is 23.1 Å². The van der Waals surface area contributed by atoms with Crippen LogP contribution in [0.25, 0.3) is 17.1 Å². The molecule has 0 amide bonds. The summed E-state index contributed by atoms with van der Waals surface area (Å²) in [6.07, 6.45) is -2.63. The molecule has 0 bridgehead atoms. The molecule has 158 valence electrons. The molecule has 4 rings (SSSR count). The van der Waals surface area contributed by atoms with E-state index < -0.39 is 17.3 Å². The summed E-state index contributed by atoms with van der Waals surface area (Å²) in [6.45, 7) is 0.208. The van der Waals surface area contributed by atoms with E-state index in [1.807, 2.05) is 30.3 Å². The highest BCUT2D eigenvalue weighted by Crippen LogP contribution is 2.28. The van der Waals surface area contributed by atoms with Gasteiger partial charge in [-0.05, 0) is 12.1 Å². The van der Waals surface area contributed by atoms with Crippen LogP contribution in [-0.2, 0) is 12.7 Å². The molecule has 3 aromatic heterocycles. The molecule has 0 spiro atoms. The van der Waals surface area contributed by atoms with Crippen molar-refractivity contribution in [2.75, 3.05) is 5.32 Å². The number of nitrogens with zero attached hydrogens (tertiary/aromatic N) is 4. The van der Waals surface area contributed by atoms with E-state index in [1.54, 1.807) is 6.07 Å². The Balaban J connectivity index is 1.50. The van der Waals surface area contributed by atoms with Gasteiger partial charge in [0.1, 0.15) is 10.7 Å². The summed E-state index contributed by atoms with van der Waals surface area (Å²) in [6, 6.07) is 13.0. The lowest BCUT2D eigenvalue weighted by atomic mass is 10.2. The predicted octanol–water partition coefficient (Wildman–Crippen LogP) is 4.57. The monoisotopic (exact) mass is 447 g/mol. The van der Waals surface area contributed by atoms with Crippen molar-refractivity contribution in [2.45, 2.75) is 12.7 Å². The molecule has 1 aromatic carbocycles. The highest BCUT2D eigenvalue weighted by atomic mass is 35.5. The molecule has 1 N–H and O–H groups in total. The Morgan fingerprint density at radius 2 is 1.87 bits per heavy atom.